The minimum atomic E-state index is -0.102. The van der Waals surface area contributed by atoms with Crippen molar-refractivity contribution in [2.75, 3.05) is 36.4 Å². The van der Waals surface area contributed by atoms with Crippen LogP contribution in [0.4, 0.5) is 15.6 Å². The maximum absolute atomic E-state index is 12.3. The first kappa shape index (κ1) is 15.1. The summed E-state index contributed by atoms with van der Waals surface area (Å²) in [6.07, 6.45) is 0. The molecule has 3 rings (SSSR count). The Balaban J connectivity index is 1.55. The number of hydrogen-bond donors (Lipinski definition) is 1. The van der Waals surface area contributed by atoms with Crippen LogP contribution in [0.2, 0.25) is 5.02 Å². The Kier molecular flexibility index (Phi) is 4.44. The summed E-state index contributed by atoms with van der Waals surface area (Å²) >= 11 is 7.50. The second kappa shape index (κ2) is 6.50. The zero-order valence-electron chi connectivity index (χ0n) is 12.1. The van der Waals surface area contributed by atoms with Gasteiger partial charge in [0.25, 0.3) is 0 Å². The van der Waals surface area contributed by atoms with Crippen molar-refractivity contribution in [1.29, 1.82) is 0 Å². The van der Waals surface area contributed by atoms with Crippen molar-refractivity contribution in [2.24, 2.45) is 0 Å². The number of nitrogens with zero attached hydrogens (tertiary/aromatic N) is 4. The van der Waals surface area contributed by atoms with Crippen molar-refractivity contribution in [3.8, 4) is 0 Å². The van der Waals surface area contributed by atoms with Gasteiger partial charge in [0.15, 0.2) is 0 Å². The van der Waals surface area contributed by atoms with E-state index in [0.717, 1.165) is 23.2 Å². The van der Waals surface area contributed by atoms with E-state index in [1.165, 1.54) is 0 Å². The summed E-state index contributed by atoms with van der Waals surface area (Å²) < 4.78 is 0. The fraction of sp³-hybridized carbons (Fsp3) is 0.357. The minimum absolute atomic E-state index is 0.102. The molecule has 0 aliphatic carbocycles. The van der Waals surface area contributed by atoms with E-state index in [9.17, 15) is 4.79 Å². The van der Waals surface area contributed by atoms with Gasteiger partial charge in [-0.3, -0.25) is 0 Å². The van der Waals surface area contributed by atoms with Gasteiger partial charge in [-0.25, -0.2) is 4.79 Å². The summed E-state index contributed by atoms with van der Waals surface area (Å²) in [5, 5.41) is 13.5. The molecule has 1 fully saturated rings. The van der Waals surface area contributed by atoms with E-state index in [0.29, 0.717) is 23.8 Å². The first-order valence-electron chi connectivity index (χ1n) is 6.98. The average molecular weight is 338 g/mol. The lowest BCUT2D eigenvalue weighted by atomic mass is 10.3. The number of carbonyl (C=O) groups excluding carboxylic acids is 1. The molecule has 0 bridgehead atoms. The number of halogens is 1. The molecule has 2 amide bonds. The van der Waals surface area contributed by atoms with Crippen LogP contribution in [0.3, 0.4) is 0 Å². The van der Waals surface area contributed by atoms with E-state index < -0.39 is 0 Å². The lowest BCUT2D eigenvalue weighted by molar-refractivity contribution is 0.208. The molecule has 0 atom stereocenters. The van der Waals surface area contributed by atoms with Gasteiger partial charge >= 0.3 is 6.03 Å². The molecule has 0 radical (unpaired) electrons. The van der Waals surface area contributed by atoms with Crippen LogP contribution in [0.25, 0.3) is 0 Å². The highest BCUT2D eigenvalue weighted by molar-refractivity contribution is 7.15. The van der Waals surface area contributed by atoms with Gasteiger partial charge < -0.3 is 15.1 Å². The quantitative estimate of drug-likeness (QED) is 0.915. The molecule has 8 heteroatoms. The molecule has 116 valence electrons. The molecule has 0 unspecified atom stereocenters. The van der Waals surface area contributed by atoms with E-state index in [4.69, 9.17) is 11.6 Å². The minimum Gasteiger partial charge on any atom is -0.343 e. The number of urea groups is 1. The van der Waals surface area contributed by atoms with Crippen LogP contribution in [0.15, 0.2) is 24.3 Å². The number of amides is 2. The lowest BCUT2D eigenvalue weighted by Gasteiger charge is -2.34. The highest BCUT2D eigenvalue weighted by Gasteiger charge is 2.23. The molecule has 1 aliphatic rings. The molecule has 1 N–H and O–H groups in total. The van der Waals surface area contributed by atoms with Crippen molar-refractivity contribution in [2.45, 2.75) is 6.92 Å². The highest BCUT2D eigenvalue weighted by Crippen LogP contribution is 2.21. The molecule has 1 aromatic carbocycles. The van der Waals surface area contributed by atoms with Crippen molar-refractivity contribution in [1.82, 2.24) is 15.1 Å². The zero-order valence-corrected chi connectivity index (χ0v) is 13.7. The Morgan fingerprint density at radius 3 is 2.68 bits per heavy atom. The molecular weight excluding hydrogens is 322 g/mol. The number of hydrogen-bond acceptors (Lipinski definition) is 5. The number of carbonyl (C=O) groups is 1. The van der Waals surface area contributed by atoms with Crippen LogP contribution in [0.1, 0.15) is 5.01 Å². The summed E-state index contributed by atoms with van der Waals surface area (Å²) in [7, 11) is 0. The van der Waals surface area contributed by atoms with Gasteiger partial charge in [-0.1, -0.05) is 29.0 Å². The first-order valence-corrected chi connectivity index (χ1v) is 8.18. The monoisotopic (exact) mass is 337 g/mol. The largest absolute Gasteiger partial charge is 0.343 e. The summed E-state index contributed by atoms with van der Waals surface area (Å²) in [6.45, 7) is 4.78. The summed E-state index contributed by atoms with van der Waals surface area (Å²) in [5.74, 6) is 0. The maximum atomic E-state index is 12.3. The Morgan fingerprint density at radius 2 is 2.05 bits per heavy atom. The lowest BCUT2D eigenvalue weighted by Crippen LogP contribution is -2.50. The second-order valence-electron chi connectivity index (χ2n) is 5.02. The van der Waals surface area contributed by atoms with Crippen molar-refractivity contribution in [3.05, 3.63) is 34.3 Å². The predicted octanol–water partition coefficient (Wildman–Crippen LogP) is 2.85. The van der Waals surface area contributed by atoms with E-state index in [1.807, 2.05) is 19.1 Å². The van der Waals surface area contributed by atoms with Gasteiger partial charge in [-0.05, 0) is 25.1 Å². The number of rotatable bonds is 2. The second-order valence-corrected chi connectivity index (χ2v) is 6.61. The molecule has 2 heterocycles. The van der Waals surface area contributed by atoms with Gasteiger partial charge in [-0.2, -0.15) is 0 Å². The van der Waals surface area contributed by atoms with Gasteiger partial charge in [0.1, 0.15) is 5.01 Å². The predicted molar refractivity (Wildman–Crippen MR) is 88.9 cm³/mol. The van der Waals surface area contributed by atoms with Crippen molar-refractivity contribution < 1.29 is 4.79 Å². The molecule has 22 heavy (non-hydrogen) atoms. The molecule has 1 aromatic heterocycles. The Hall–Kier alpha value is -1.86. The third-order valence-electron chi connectivity index (χ3n) is 3.43. The zero-order chi connectivity index (χ0) is 15.5. The number of nitrogens with one attached hydrogen (secondary N) is 1. The van der Waals surface area contributed by atoms with Crippen LogP contribution < -0.4 is 10.2 Å². The number of anilines is 2. The van der Waals surface area contributed by atoms with Crippen molar-refractivity contribution in [3.63, 3.8) is 0 Å². The van der Waals surface area contributed by atoms with E-state index >= 15 is 0 Å². The van der Waals surface area contributed by atoms with Gasteiger partial charge in [0, 0.05) is 36.9 Å². The maximum Gasteiger partial charge on any atom is 0.321 e. The van der Waals surface area contributed by atoms with Crippen LogP contribution in [-0.4, -0.2) is 47.3 Å². The summed E-state index contributed by atoms with van der Waals surface area (Å²) in [6, 6.07) is 7.05. The number of benzene rings is 1. The normalized spacial score (nSPS) is 15.0. The fourth-order valence-electron chi connectivity index (χ4n) is 2.28. The Labute approximate surface area is 137 Å². The fourth-order valence-corrected chi connectivity index (χ4v) is 3.21. The van der Waals surface area contributed by atoms with E-state index in [2.05, 4.69) is 20.4 Å². The first-order chi connectivity index (χ1) is 10.6. The van der Waals surface area contributed by atoms with E-state index in [-0.39, 0.29) is 6.03 Å². The molecule has 2 aromatic rings. The molecule has 6 nitrogen and oxygen atoms in total. The van der Waals surface area contributed by atoms with Crippen molar-refractivity contribution >= 4 is 39.8 Å². The van der Waals surface area contributed by atoms with Gasteiger partial charge in [0.05, 0.1) is 0 Å². The average Bonchev–Trinajstić information content (AvgIpc) is 2.94. The molecule has 1 aliphatic heterocycles. The molecule has 1 saturated heterocycles. The summed E-state index contributed by atoms with van der Waals surface area (Å²) in [5.41, 5.74) is 0.708. The van der Waals surface area contributed by atoms with Crippen LogP contribution in [0.5, 0.6) is 0 Å². The van der Waals surface area contributed by atoms with Crippen LogP contribution >= 0.6 is 22.9 Å². The topological polar surface area (TPSA) is 61.4 Å². The number of piperazine rings is 1. The van der Waals surface area contributed by atoms with Crippen LogP contribution in [0, 0.1) is 6.92 Å². The van der Waals surface area contributed by atoms with E-state index in [1.54, 1.807) is 28.4 Å². The van der Waals surface area contributed by atoms with Crippen LogP contribution in [-0.2, 0) is 0 Å². The number of aryl methyl sites for hydroxylation is 1. The standard InChI is InChI=1S/C14H16ClN5OS/c1-10-17-18-14(22-10)20-7-5-19(6-8-20)13(21)16-12-4-2-3-11(15)9-12/h2-4,9H,5-8H2,1H3,(H,16,21). The molecule has 0 spiro atoms. The molecule has 0 saturated carbocycles. The number of aromatic nitrogens is 2. The third kappa shape index (κ3) is 3.48. The Morgan fingerprint density at radius 1 is 1.27 bits per heavy atom. The highest BCUT2D eigenvalue weighted by atomic mass is 35.5. The SMILES string of the molecule is Cc1nnc(N2CCN(C(=O)Nc3cccc(Cl)c3)CC2)s1. The smallest absolute Gasteiger partial charge is 0.321 e. The summed E-state index contributed by atoms with van der Waals surface area (Å²) in [4.78, 5) is 16.2. The van der Waals surface area contributed by atoms with Gasteiger partial charge in [-0.15, -0.1) is 10.2 Å². The third-order valence-corrected chi connectivity index (χ3v) is 4.56. The van der Waals surface area contributed by atoms with Gasteiger partial charge in [0.2, 0.25) is 5.13 Å². The molecular formula is C14H16ClN5OS. The Bertz CT molecular complexity index is 669.